The number of piperidine rings is 1. The van der Waals surface area contributed by atoms with Crippen LogP contribution in [0.15, 0.2) is 36.7 Å². The molecule has 2 unspecified atom stereocenters. The Balaban J connectivity index is 1.59. The molecule has 1 saturated heterocycles. The molecule has 1 fully saturated rings. The lowest BCUT2D eigenvalue weighted by atomic mass is 9.97. The Morgan fingerprint density at radius 2 is 2.16 bits per heavy atom. The van der Waals surface area contributed by atoms with Crippen molar-refractivity contribution in [3.63, 3.8) is 0 Å². The lowest BCUT2D eigenvalue weighted by Crippen LogP contribution is -2.41. The Bertz CT molecular complexity index is 669. The van der Waals surface area contributed by atoms with Gasteiger partial charge in [0.1, 0.15) is 5.75 Å². The van der Waals surface area contributed by atoms with E-state index in [9.17, 15) is 4.79 Å². The molecule has 0 spiro atoms. The minimum atomic E-state index is 0.0957. The third kappa shape index (κ3) is 4.59. The normalized spacial score (nSPS) is 18.8. The van der Waals surface area contributed by atoms with Crippen LogP contribution in [-0.4, -0.2) is 45.0 Å². The molecule has 3 rings (SSSR count). The Hall–Kier alpha value is -2.37. The van der Waals surface area contributed by atoms with Gasteiger partial charge in [0.2, 0.25) is 0 Å². The predicted octanol–water partition coefficient (Wildman–Crippen LogP) is 3.01. The van der Waals surface area contributed by atoms with Gasteiger partial charge in [-0.3, -0.25) is 9.48 Å². The van der Waals surface area contributed by atoms with E-state index in [4.69, 9.17) is 4.74 Å². The molecule has 0 saturated carbocycles. The van der Waals surface area contributed by atoms with Gasteiger partial charge < -0.3 is 9.64 Å². The van der Waals surface area contributed by atoms with E-state index in [-0.39, 0.29) is 12.0 Å². The number of amides is 1. The summed E-state index contributed by atoms with van der Waals surface area (Å²) >= 11 is 0. The topological polar surface area (TPSA) is 60.2 Å². The zero-order chi connectivity index (χ0) is 17.6. The van der Waals surface area contributed by atoms with E-state index in [1.54, 1.807) is 6.20 Å². The Kier molecular flexibility index (Phi) is 5.68. The lowest BCUT2D eigenvalue weighted by Gasteiger charge is -2.32. The molecule has 25 heavy (non-hydrogen) atoms. The third-order valence-electron chi connectivity index (χ3n) is 4.74. The number of carbonyl (C=O) groups is 1. The molecule has 0 aliphatic carbocycles. The number of nitrogens with zero attached hydrogens (tertiary/aromatic N) is 4. The fourth-order valence-electron chi connectivity index (χ4n) is 3.17. The molecule has 2 heterocycles. The average Bonchev–Trinajstić information content (AvgIpc) is 3.15. The highest BCUT2D eigenvalue weighted by Gasteiger charge is 2.25. The number of benzene rings is 1. The number of carbonyl (C=O) groups excluding carboxylic acids is 1. The summed E-state index contributed by atoms with van der Waals surface area (Å²) in [5, 5.41) is 7.87. The van der Waals surface area contributed by atoms with Crippen molar-refractivity contribution in [2.45, 2.75) is 45.8 Å². The standard InChI is InChI=1S/C19H26N4O2/c1-3-15(2)25-18-8-6-17(7-9-18)19(24)22-11-4-5-16(13-22)14-23-12-10-20-21-23/h6-10,12,15-16H,3-5,11,13-14H2,1-2H3. The van der Waals surface area contributed by atoms with Gasteiger partial charge in [-0.2, -0.15) is 0 Å². The van der Waals surface area contributed by atoms with Gasteiger partial charge in [0.05, 0.1) is 12.3 Å². The molecule has 0 N–H and O–H groups in total. The highest BCUT2D eigenvalue weighted by molar-refractivity contribution is 5.94. The molecule has 1 aliphatic rings. The van der Waals surface area contributed by atoms with E-state index in [0.29, 0.717) is 5.92 Å². The fourth-order valence-corrected chi connectivity index (χ4v) is 3.17. The van der Waals surface area contributed by atoms with Crippen molar-refractivity contribution in [2.24, 2.45) is 5.92 Å². The second-order valence-corrected chi connectivity index (χ2v) is 6.75. The molecular weight excluding hydrogens is 316 g/mol. The van der Waals surface area contributed by atoms with Crippen molar-refractivity contribution >= 4 is 5.91 Å². The molecule has 1 aromatic heterocycles. The van der Waals surface area contributed by atoms with Crippen molar-refractivity contribution in [2.75, 3.05) is 13.1 Å². The van der Waals surface area contributed by atoms with E-state index < -0.39 is 0 Å². The first kappa shape index (κ1) is 17.5. The maximum atomic E-state index is 12.8. The maximum absolute atomic E-state index is 12.8. The van der Waals surface area contributed by atoms with Gasteiger partial charge in [-0.05, 0) is 56.4 Å². The summed E-state index contributed by atoms with van der Waals surface area (Å²) in [6.45, 7) is 6.53. The first-order valence-corrected chi connectivity index (χ1v) is 9.05. The molecule has 134 valence electrons. The van der Waals surface area contributed by atoms with Crippen LogP contribution in [0.5, 0.6) is 5.75 Å². The van der Waals surface area contributed by atoms with Gasteiger partial charge >= 0.3 is 0 Å². The molecule has 6 nitrogen and oxygen atoms in total. The number of aromatic nitrogens is 3. The minimum absolute atomic E-state index is 0.0957. The highest BCUT2D eigenvalue weighted by atomic mass is 16.5. The fraction of sp³-hybridized carbons (Fsp3) is 0.526. The second kappa shape index (κ2) is 8.14. The molecule has 2 aromatic rings. The van der Waals surface area contributed by atoms with Crippen molar-refractivity contribution in [3.05, 3.63) is 42.2 Å². The number of hydrogen-bond acceptors (Lipinski definition) is 4. The van der Waals surface area contributed by atoms with Crippen LogP contribution < -0.4 is 4.74 Å². The van der Waals surface area contributed by atoms with Crippen LogP contribution >= 0.6 is 0 Å². The van der Waals surface area contributed by atoms with E-state index in [2.05, 4.69) is 17.2 Å². The molecule has 1 aliphatic heterocycles. The number of likely N-dealkylation sites (tertiary alicyclic amines) is 1. The molecule has 6 heteroatoms. The molecule has 0 radical (unpaired) electrons. The van der Waals surface area contributed by atoms with Crippen molar-refractivity contribution in [1.82, 2.24) is 19.9 Å². The van der Waals surface area contributed by atoms with Gasteiger partial charge in [0, 0.05) is 31.4 Å². The summed E-state index contributed by atoms with van der Waals surface area (Å²) in [6.07, 6.45) is 6.85. The smallest absolute Gasteiger partial charge is 0.253 e. The summed E-state index contributed by atoms with van der Waals surface area (Å²) in [5.74, 6) is 1.33. The SMILES string of the molecule is CCC(C)Oc1ccc(C(=O)N2CCCC(Cn3ccnn3)C2)cc1. The third-order valence-corrected chi connectivity index (χ3v) is 4.74. The van der Waals surface area contributed by atoms with E-state index in [0.717, 1.165) is 50.2 Å². The Morgan fingerprint density at radius 3 is 2.84 bits per heavy atom. The van der Waals surface area contributed by atoms with Gasteiger partial charge in [-0.15, -0.1) is 5.10 Å². The van der Waals surface area contributed by atoms with Gasteiger partial charge in [-0.1, -0.05) is 12.1 Å². The maximum Gasteiger partial charge on any atom is 0.253 e. The molecule has 0 bridgehead atoms. The molecular formula is C19H26N4O2. The van der Waals surface area contributed by atoms with Crippen molar-refractivity contribution in [3.8, 4) is 5.75 Å². The van der Waals surface area contributed by atoms with E-state index >= 15 is 0 Å². The Labute approximate surface area is 148 Å². The van der Waals surface area contributed by atoms with Crippen LogP contribution in [0.1, 0.15) is 43.5 Å². The highest BCUT2D eigenvalue weighted by Crippen LogP contribution is 2.21. The summed E-state index contributed by atoms with van der Waals surface area (Å²) in [5.41, 5.74) is 0.720. The van der Waals surface area contributed by atoms with Gasteiger partial charge in [-0.25, -0.2) is 0 Å². The largest absolute Gasteiger partial charge is 0.491 e. The second-order valence-electron chi connectivity index (χ2n) is 6.75. The van der Waals surface area contributed by atoms with Crippen LogP contribution in [0, 0.1) is 5.92 Å². The van der Waals surface area contributed by atoms with Gasteiger partial charge in [0.25, 0.3) is 5.91 Å². The van der Waals surface area contributed by atoms with Crippen molar-refractivity contribution in [1.29, 1.82) is 0 Å². The lowest BCUT2D eigenvalue weighted by molar-refractivity contribution is 0.0659. The zero-order valence-corrected chi connectivity index (χ0v) is 15.0. The molecule has 1 aromatic carbocycles. The van der Waals surface area contributed by atoms with Crippen LogP contribution in [-0.2, 0) is 6.54 Å². The van der Waals surface area contributed by atoms with Crippen molar-refractivity contribution < 1.29 is 9.53 Å². The van der Waals surface area contributed by atoms with Gasteiger partial charge in [0.15, 0.2) is 0 Å². The van der Waals surface area contributed by atoms with Crippen LogP contribution in [0.4, 0.5) is 0 Å². The summed E-state index contributed by atoms with van der Waals surface area (Å²) in [4.78, 5) is 14.7. The minimum Gasteiger partial charge on any atom is -0.491 e. The van der Waals surface area contributed by atoms with Crippen LogP contribution in [0.3, 0.4) is 0 Å². The molecule has 2 atom stereocenters. The number of ether oxygens (including phenoxy) is 1. The summed E-state index contributed by atoms with van der Waals surface area (Å²) in [6, 6.07) is 7.49. The Morgan fingerprint density at radius 1 is 1.36 bits per heavy atom. The quantitative estimate of drug-likeness (QED) is 0.810. The van der Waals surface area contributed by atoms with E-state index in [1.165, 1.54) is 0 Å². The first-order chi connectivity index (χ1) is 12.2. The first-order valence-electron chi connectivity index (χ1n) is 9.05. The molecule has 1 amide bonds. The predicted molar refractivity (Wildman–Crippen MR) is 95.5 cm³/mol. The van der Waals surface area contributed by atoms with Crippen LogP contribution in [0.25, 0.3) is 0 Å². The summed E-state index contributed by atoms with van der Waals surface area (Å²) < 4.78 is 7.63. The number of hydrogen-bond donors (Lipinski definition) is 0. The monoisotopic (exact) mass is 342 g/mol. The zero-order valence-electron chi connectivity index (χ0n) is 15.0. The van der Waals surface area contributed by atoms with E-state index in [1.807, 2.05) is 47.0 Å². The average molecular weight is 342 g/mol. The summed E-state index contributed by atoms with van der Waals surface area (Å²) in [7, 11) is 0. The number of rotatable bonds is 6. The van der Waals surface area contributed by atoms with Crippen LogP contribution in [0.2, 0.25) is 0 Å².